The molecule has 6 nitrogen and oxygen atoms in total. The number of nitrogens with zero attached hydrogens (tertiary/aromatic N) is 2. The van der Waals surface area contributed by atoms with Crippen molar-refractivity contribution in [3.63, 3.8) is 0 Å². The molecule has 0 saturated carbocycles. The number of rotatable bonds is 5. The summed E-state index contributed by atoms with van der Waals surface area (Å²) < 4.78 is 24.5. The minimum absolute atomic E-state index is 0.0759. The fourth-order valence-corrected chi connectivity index (χ4v) is 6.26. The Balaban J connectivity index is 2.40. The first kappa shape index (κ1) is 16.6. The first-order valence-electron chi connectivity index (χ1n) is 6.69. The van der Waals surface area contributed by atoms with Crippen molar-refractivity contribution in [3.8, 4) is 0 Å². The van der Waals surface area contributed by atoms with Gasteiger partial charge in [0.15, 0.2) is 15.0 Å². The molecule has 1 aromatic heterocycles. The molecule has 1 saturated heterocycles. The highest BCUT2D eigenvalue weighted by Crippen LogP contribution is 2.32. The highest BCUT2D eigenvalue weighted by atomic mass is 32.2. The molecule has 1 aliphatic heterocycles. The van der Waals surface area contributed by atoms with Gasteiger partial charge < -0.3 is 10.0 Å². The van der Waals surface area contributed by atoms with Crippen molar-refractivity contribution in [2.45, 2.75) is 25.6 Å². The molecule has 0 spiro atoms. The van der Waals surface area contributed by atoms with Crippen LogP contribution in [-0.4, -0.2) is 53.7 Å². The van der Waals surface area contributed by atoms with Crippen LogP contribution in [0.4, 0.5) is 5.13 Å². The Hall–Kier alpha value is -0.800. The number of aryl methyl sites for hydroxylation is 1. The molecule has 1 aromatic rings. The molecule has 0 aliphatic carbocycles. The van der Waals surface area contributed by atoms with E-state index in [1.165, 1.54) is 0 Å². The molecular formula is C12H18N2O4S3. The average molecular weight is 350 g/mol. The zero-order valence-corrected chi connectivity index (χ0v) is 14.4. The summed E-state index contributed by atoms with van der Waals surface area (Å²) in [6.07, 6.45) is 0.520. The summed E-state index contributed by atoms with van der Waals surface area (Å²) in [6, 6.07) is 0. The maximum absolute atomic E-state index is 12.2. The molecule has 21 heavy (non-hydrogen) atoms. The summed E-state index contributed by atoms with van der Waals surface area (Å²) in [5.74, 6) is 0.391. The molecule has 2 heterocycles. The van der Waals surface area contributed by atoms with Gasteiger partial charge in [-0.25, -0.2) is 18.2 Å². The Labute approximate surface area is 132 Å². The van der Waals surface area contributed by atoms with Gasteiger partial charge in [0, 0.05) is 23.8 Å². The number of hydrogen-bond donors (Lipinski definition) is 1. The number of thiazole rings is 1. The van der Waals surface area contributed by atoms with Gasteiger partial charge in [-0.2, -0.15) is 11.8 Å². The summed E-state index contributed by atoms with van der Waals surface area (Å²) >= 11 is 2.68. The van der Waals surface area contributed by atoms with E-state index in [9.17, 15) is 18.3 Å². The molecule has 1 N–H and O–H groups in total. The third kappa shape index (κ3) is 3.35. The van der Waals surface area contributed by atoms with E-state index < -0.39 is 21.2 Å². The highest BCUT2D eigenvalue weighted by molar-refractivity contribution is 8.01. The Kier molecular flexibility index (Phi) is 5.15. The topological polar surface area (TPSA) is 87.6 Å². The van der Waals surface area contributed by atoms with Crippen LogP contribution in [-0.2, 0) is 16.3 Å². The SMILES string of the molecule is CCc1nc(N2CCSCC2S(=O)(=O)CC)sc1C(=O)O. The number of sulfone groups is 1. The lowest BCUT2D eigenvalue weighted by molar-refractivity contribution is 0.0701. The van der Waals surface area contributed by atoms with Gasteiger partial charge in [0.2, 0.25) is 0 Å². The minimum Gasteiger partial charge on any atom is -0.477 e. The van der Waals surface area contributed by atoms with E-state index in [1.54, 1.807) is 23.6 Å². The van der Waals surface area contributed by atoms with Crippen LogP contribution in [0.3, 0.4) is 0 Å². The van der Waals surface area contributed by atoms with E-state index in [2.05, 4.69) is 4.98 Å². The Morgan fingerprint density at radius 2 is 2.19 bits per heavy atom. The molecule has 0 amide bonds. The summed E-state index contributed by atoms with van der Waals surface area (Å²) in [7, 11) is -3.22. The summed E-state index contributed by atoms with van der Waals surface area (Å²) in [4.78, 5) is 17.6. The maximum atomic E-state index is 12.2. The molecule has 2 rings (SSSR count). The summed E-state index contributed by atoms with van der Waals surface area (Å²) in [5.41, 5.74) is 0.522. The third-order valence-corrected chi connectivity index (χ3v) is 7.77. The summed E-state index contributed by atoms with van der Waals surface area (Å²) in [5, 5.41) is 9.10. The first-order chi connectivity index (χ1) is 9.90. The van der Waals surface area contributed by atoms with E-state index in [1.807, 2.05) is 6.92 Å². The zero-order chi connectivity index (χ0) is 15.6. The molecule has 118 valence electrons. The summed E-state index contributed by atoms with van der Waals surface area (Å²) in [6.45, 7) is 4.05. The predicted molar refractivity (Wildman–Crippen MR) is 86.4 cm³/mol. The van der Waals surface area contributed by atoms with E-state index >= 15 is 0 Å². The van der Waals surface area contributed by atoms with Crippen molar-refractivity contribution in [1.82, 2.24) is 4.98 Å². The first-order valence-corrected chi connectivity index (χ1v) is 10.4. The quantitative estimate of drug-likeness (QED) is 0.865. The molecule has 1 fully saturated rings. The maximum Gasteiger partial charge on any atom is 0.347 e. The number of thioether (sulfide) groups is 1. The molecule has 1 unspecified atom stereocenters. The van der Waals surface area contributed by atoms with Gasteiger partial charge in [0.25, 0.3) is 0 Å². The van der Waals surface area contributed by atoms with Gasteiger partial charge in [-0.3, -0.25) is 0 Å². The van der Waals surface area contributed by atoms with Crippen LogP contribution >= 0.6 is 23.1 Å². The van der Waals surface area contributed by atoms with Crippen LogP contribution in [0.15, 0.2) is 0 Å². The van der Waals surface area contributed by atoms with Gasteiger partial charge in [-0.1, -0.05) is 25.2 Å². The second-order valence-corrected chi connectivity index (χ2v) is 9.18. The molecule has 9 heteroatoms. The van der Waals surface area contributed by atoms with Crippen molar-refractivity contribution in [2.75, 3.05) is 28.7 Å². The van der Waals surface area contributed by atoms with Crippen molar-refractivity contribution >= 4 is 44.0 Å². The van der Waals surface area contributed by atoms with Crippen molar-refractivity contribution in [1.29, 1.82) is 0 Å². The molecule has 0 bridgehead atoms. The van der Waals surface area contributed by atoms with Crippen molar-refractivity contribution < 1.29 is 18.3 Å². The van der Waals surface area contributed by atoms with E-state index in [-0.39, 0.29) is 10.6 Å². The third-order valence-electron chi connectivity index (χ3n) is 3.36. The molecular weight excluding hydrogens is 332 g/mol. The zero-order valence-electron chi connectivity index (χ0n) is 11.9. The predicted octanol–water partition coefficient (Wildman–Crippen LogP) is 1.72. The second kappa shape index (κ2) is 6.53. The van der Waals surface area contributed by atoms with E-state index in [0.29, 0.717) is 29.5 Å². The van der Waals surface area contributed by atoms with E-state index in [0.717, 1.165) is 17.1 Å². The van der Waals surface area contributed by atoms with Gasteiger partial charge in [0.1, 0.15) is 10.3 Å². The van der Waals surface area contributed by atoms with Gasteiger partial charge in [-0.15, -0.1) is 0 Å². The number of carbonyl (C=O) groups is 1. The van der Waals surface area contributed by atoms with Crippen LogP contribution in [0.5, 0.6) is 0 Å². The fourth-order valence-electron chi connectivity index (χ4n) is 2.16. The number of carboxylic acid groups (broad SMARTS) is 1. The minimum atomic E-state index is -3.22. The second-order valence-electron chi connectivity index (χ2n) is 4.61. The lowest BCUT2D eigenvalue weighted by Gasteiger charge is -2.34. The van der Waals surface area contributed by atoms with Crippen molar-refractivity contribution in [2.24, 2.45) is 0 Å². The Morgan fingerprint density at radius 1 is 1.48 bits per heavy atom. The number of carboxylic acids is 1. The van der Waals surface area contributed by atoms with Crippen LogP contribution < -0.4 is 4.90 Å². The Bertz CT molecular complexity index is 626. The number of aromatic nitrogens is 1. The highest BCUT2D eigenvalue weighted by Gasteiger charge is 2.35. The Morgan fingerprint density at radius 3 is 2.71 bits per heavy atom. The molecule has 1 atom stereocenters. The molecule has 0 radical (unpaired) electrons. The van der Waals surface area contributed by atoms with E-state index in [4.69, 9.17) is 0 Å². The van der Waals surface area contributed by atoms with Gasteiger partial charge in [0.05, 0.1) is 5.69 Å². The van der Waals surface area contributed by atoms with Gasteiger partial charge >= 0.3 is 5.97 Å². The van der Waals surface area contributed by atoms with Crippen LogP contribution in [0, 0.1) is 0 Å². The normalized spacial score (nSPS) is 19.7. The number of anilines is 1. The van der Waals surface area contributed by atoms with Crippen LogP contribution in [0.2, 0.25) is 0 Å². The number of hydrogen-bond acceptors (Lipinski definition) is 7. The average Bonchev–Trinajstić information content (AvgIpc) is 2.91. The lowest BCUT2D eigenvalue weighted by atomic mass is 10.3. The molecule has 0 aromatic carbocycles. The largest absolute Gasteiger partial charge is 0.477 e. The van der Waals surface area contributed by atoms with Crippen molar-refractivity contribution in [3.05, 3.63) is 10.6 Å². The van der Waals surface area contributed by atoms with Crippen LogP contribution in [0.1, 0.15) is 29.2 Å². The van der Waals surface area contributed by atoms with Gasteiger partial charge in [-0.05, 0) is 6.42 Å². The molecule has 1 aliphatic rings. The standard InChI is InChI=1S/C12H18N2O4S3/c1-3-8-10(11(15)16)20-12(13-8)14-5-6-19-7-9(14)21(17,18)4-2/h9H,3-7H2,1-2H3,(H,15,16). The van der Waals surface area contributed by atoms with Crippen LogP contribution in [0.25, 0.3) is 0 Å². The lowest BCUT2D eigenvalue weighted by Crippen LogP contribution is -2.48. The smallest absolute Gasteiger partial charge is 0.347 e. The monoisotopic (exact) mass is 350 g/mol. The fraction of sp³-hybridized carbons (Fsp3) is 0.667. The number of aromatic carboxylic acids is 1.